The maximum Gasteiger partial charge on any atom is 0.405 e. The summed E-state index contributed by atoms with van der Waals surface area (Å²) in [5.41, 5.74) is -0.550. The summed E-state index contributed by atoms with van der Waals surface area (Å²) in [6.07, 6.45) is 3.97. The third kappa shape index (κ3) is 4.37. The van der Waals surface area contributed by atoms with E-state index < -0.39 is 35.2 Å². The van der Waals surface area contributed by atoms with E-state index in [0.717, 1.165) is 6.20 Å². The molecule has 11 heteroatoms. The highest BCUT2D eigenvalue weighted by Crippen LogP contribution is 2.40. The summed E-state index contributed by atoms with van der Waals surface area (Å²) in [7, 11) is 0. The van der Waals surface area contributed by atoms with Gasteiger partial charge in [0.25, 0.3) is 0 Å². The molecule has 2 aliphatic rings. The summed E-state index contributed by atoms with van der Waals surface area (Å²) in [6, 6.07) is 2.99. The fourth-order valence-electron chi connectivity index (χ4n) is 4.09. The van der Waals surface area contributed by atoms with E-state index in [2.05, 4.69) is 20.7 Å². The van der Waals surface area contributed by atoms with Gasteiger partial charge in [-0.25, -0.2) is 18.9 Å². The highest BCUT2D eigenvalue weighted by Gasteiger charge is 2.50. The summed E-state index contributed by atoms with van der Waals surface area (Å²) >= 11 is 0. The van der Waals surface area contributed by atoms with Crippen LogP contribution in [0.2, 0.25) is 0 Å². The molecule has 1 atom stereocenters. The molecule has 0 unspecified atom stereocenters. The SMILES string of the molecule is C[C@H](NC(=O)C1(NC(=O)O)CCC2(CC1)OCCO2)c1ccc(-n2cc(F)cn2)nc1. The Morgan fingerprint density at radius 3 is 2.45 bits per heavy atom. The van der Waals surface area contributed by atoms with Crippen LogP contribution in [-0.2, 0) is 14.3 Å². The normalized spacial score (nSPS) is 20.3. The summed E-state index contributed by atoms with van der Waals surface area (Å²) < 4.78 is 25.8. The third-order valence-corrected chi connectivity index (χ3v) is 5.86. The Bertz CT molecular complexity index is 947. The highest BCUT2D eigenvalue weighted by molar-refractivity contribution is 5.90. The van der Waals surface area contributed by atoms with Gasteiger partial charge in [-0.3, -0.25) is 4.79 Å². The number of hydrogen-bond acceptors (Lipinski definition) is 6. The first-order chi connectivity index (χ1) is 14.8. The van der Waals surface area contributed by atoms with Crippen molar-refractivity contribution >= 4 is 12.0 Å². The van der Waals surface area contributed by atoms with Gasteiger partial charge in [0.15, 0.2) is 17.4 Å². The second kappa shape index (κ2) is 8.23. The summed E-state index contributed by atoms with van der Waals surface area (Å²) in [4.78, 5) is 28.8. The number of carbonyl (C=O) groups is 2. The van der Waals surface area contributed by atoms with E-state index in [9.17, 15) is 19.1 Å². The average Bonchev–Trinajstić information content (AvgIpc) is 3.39. The molecular formula is C20H24FN5O5. The smallest absolute Gasteiger partial charge is 0.405 e. The largest absolute Gasteiger partial charge is 0.465 e. The molecule has 1 saturated heterocycles. The predicted octanol–water partition coefficient (Wildman–Crippen LogP) is 1.91. The minimum atomic E-state index is -1.26. The van der Waals surface area contributed by atoms with Crippen LogP contribution in [0.1, 0.15) is 44.2 Å². The van der Waals surface area contributed by atoms with E-state index >= 15 is 0 Å². The molecule has 2 fully saturated rings. The van der Waals surface area contributed by atoms with Crippen LogP contribution in [0.4, 0.5) is 9.18 Å². The van der Waals surface area contributed by atoms with Crippen molar-refractivity contribution < 1.29 is 28.6 Å². The molecule has 0 radical (unpaired) electrons. The topological polar surface area (TPSA) is 128 Å². The van der Waals surface area contributed by atoms with Gasteiger partial charge in [0.2, 0.25) is 5.91 Å². The number of amides is 2. The van der Waals surface area contributed by atoms with Crippen LogP contribution in [0, 0.1) is 5.82 Å². The van der Waals surface area contributed by atoms with Gasteiger partial charge in [-0.1, -0.05) is 6.07 Å². The molecule has 1 aliphatic carbocycles. The molecular weight excluding hydrogens is 409 g/mol. The van der Waals surface area contributed by atoms with Crippen LogP contribution in [0.5, 0.6) is 0 Å². The quantitative estimate of drug-likeness (QED) is 0.657. The number of nitrogens with one attached hydrogen (secondary N) is 2. The van der Waals surface area contributed by atoms with Gasteiger partial charge < -0.3 is 25.2 Å². The van der Waals surface area contributed by atoms with Crippen molar-refractivity contribution in [2.24, 2.45) is 0 Å². The Morgan fingerprint density at radius 2 is 1.90 bits per heavy atom. The molecule has 4 rings (SSSR count). The lowest BCUT2D eigenvalue weighted by Gasteiger charge is -2.42. The number of aromatic nitrogens is 3. The van der Waals surface area contributed by atoms with Crippen molar-refractivity contribution in [3.8, 4) is 5.82 Å². The molecule has 31 heavy (non-hydrogen) atoms. The number of rotatable bonds is 5. The molecule has 1 saturated carbocycles. The van der Waals surface area contributed by atoms with Gasteiger partial charge >= 0.3 is 6.09 Å². The number of pyridine rings is 1. The first-order valence-corrected chi connectivity index (χ1v) is 10.1. The van der Waals surface area contributed by atoms with E-state index in [1.54, 1.807) is 25.3 Å². The summed E-state index contributed by atoms with van der Waals surface area (Å²) in [5, 5.41) is 18.5. The first-order valence-electron chi connectivity index (χ1n) is 10.1. The highest BCUT2D eigenvalue weighted by atomic mass is 19.1. The molecule has 3 heterocycles. The zero-order chi connectivity index (χ0) is 22.1. The van der Waals surface area contributed by atoms with Gasteiger partial charge in [0.05, 0.1) is 31.6 Å². The van der Waals surface area contributed by atoms with Crippen molar-refractivity contribution in [3.05, 3.63) is 42.1 Å². The monoisotopic (exact) mass is 433 g/mol. The number of carboxylic acid groups (broad SMARTS) is 1. The lowest BCUT2D eigenvalue weighted by atomic mass is 9.77. The van der Waals surface area contributed by atoms with Crippen LogP contribution in [-0.4, -0.2) is 56.4 Å². The van der Waals surface area contributed by atoms with Crippen LogP contribution in [0.3, 0.4) is 0 Å². The molecule has 10 nitrogen and oxygen atoms in total. The number of ether oxygens (including phenoxy) is 2. The lowest BCUT2D eigenvalue weighted by Crippen LogP contribution is -2.62. The third-order valence-electron chi connectivity index (χ3n) is 5.86. The lowest BCUT2D eigenvalue weighted by molar-refractivity contribution is -0.187. The van der Waals surface area contributed by atoms with Crippen LogP contribution in [0.25, 0.3) is 5.82 Å². The number of hydrogen-bond donors (Lipinski definition) is 3. The molecule has 0 aromatic carbocycles. The van der Waals surface area contributed by atoms with E-state index in [4.69, 9.17) is 9.47 Å². The van der Waals surface area contributed by atoms with Crippen molar-refractivity contribution in [1.82, 2.24) is 25.4 Å². The second-order valence-corrected chi connectivity index (χ2v) is 7.87. The predicted molar refractivity (Wildman–Crippen MR) is 105 cm³/mol. The van der Waals surface area contributed by atoms with Crippen molar-refractivity contribution in [1.29, 1.82) is 0 Å². The van der Waals surface area contributed by atoms with E-state index in [1.165, 1.54) is 10.9 Å². The Morgan fingerprint density at radius 1 is 1.19 bits per heavy atom. The van der Waals surface area contributed by atoms with E-state index in [0.29, 0.717) is 37.4 Å². The van der Waals surface area contributed by atoms with Crippen molar-refractivity contribution in [2.45, 2.75) is 50.0 Å². The standard InChI is InChI=1S/C20H24FN5O5/c1-13(14-2-3-16(22-10-14)26-12-15(21)11-23-26)24-17(27)19(25-18(28)29)4-6-20(7-5-19)30-8-9-31-20/h2-3,10-13,25H,4-9H2,1H3,(H,24,27)(H,28,29)/t13-/m0/s1. The van der Waals surface area contributed by atoms with Crippen molar-refractivity contribution in [3.63, 3.8) is 0 Å². The molecule has 0 bridgehead atoms. The molecule has 2 aromatic rings. The second-order valence-electron chi connectivity index (χ2n) is 7.87. The maximum absolute atomic E-state index is 13.1. The molecule has 1 spiro atoms. The van der Waals surface area contributed by atoms with Gasteiger partial charge in [0, 0.05) is 19.0 Å². The number of halogens is 1. The minimum Gasteiger partial charge on any atom is -0.465 e. The zero-order valence-electron chi connectivity index (χ0n) is 17.0. The maximum atomic E-state index is 13.1. The van der Waals surface area contributed by atoms with E-state index in [-0.39, 0.29) is 12.8 Å². The Hall–Kier alpha value is -3.05. The fraction of sp³-hybridized carbons (Fsp3) is 0.500. The van der Waals surface area contributed by atoms with Crippen LogP contribution < -0.4 is 10.6 Å². The molecule has 1 aliphatic heterocycles. The summed E-state index contributed by atoms with van der Waals surface area (Å²) in [5.74, 6) is -1.16. The van der Waals surface area contributed by atoms with E-state index in [1.807, 2.05) is 0 Å². The zero-order valence-corrected chi connectivity index (χ0v) is 17.0. The van der Waals surface area contributed by atoms with Gasteiger partial charge in [-0.05, 0) is 31.4 Å². The Kier molecular flexibility index (Phi) is 5.63. The minimum absolute atomic E-state index is 0.264. The Balaban J connectivity index is 1.45. The molecule has 2 amide bonds. The van der Waals surface area contributed by atoms with Gasteiger partial charge in [-0.15, -0.1) is 0 Å². The van der Waals surface area contributed by atoms with Crippen LogP contribution in [0.15, 0.2) is 30.7 Å². The fourth-order valence-corrected chi connectivity index (χ4v) is 4.09. The number of nitrogens with zero attached hydrogens (tertiary/aromatic N) is 3. The molecule has 2 aromatic heterocycles. The van der Waals surface area contributed by atoms with Gasteiger partial charge in [0.1, 0.15) is 5.54 Å². The molecule has 166 valence electrons. The summed E-state index contributed by atoms with van der Waals surface area (Å²) in [6.45, 7) is 2.78. The Labute approximate surface area is 177 Å². The number of carbonyl (C=O) groups excluding carboxylic acids is 1. The van der Waals surface area contributed by atoms with Crippen molar-refractivity contribution in [2.75, 3.05) is 13.2 Å². The average molecular weight is 433 g/mol. The van der Waals surface area contributed by atoms with Gasteiger partial charge in [-0.2, -0.15) is 5.10 Å². The molecule has 3 N–H and O–H groups in total. The van der Waals surface area contributed by atoms with Crippen LogP contribution >= 0.6 is 0 Å². The first kappa shape index (κ1) is 21.2.